The van der Waals surface area contributed by atoms with Crippen LogP contribution in [0.3, 0.4) is 0 Å². The second kappa shape index (κ2) is 5.78. The van der Waals surface area contributed by atoms with E-state index < -0.39 is 5.60 Å². The van der Waals surface area contributed by atoms with Crippen molar-refractivity contribution in [2.45, 2.75) is 25.4 Å². The summed E-state index contributed by atoms with van der Waals surface area (Å²) in [4.78, 5) is 12.5. The Labute approximate surface area is 108 Å². The van der Waals surface area contributed by atoms with Crippen LogP contribution >= 0.6 is 0 Å². The molecule has 94 valence electrons. The van der Waals surface area contributed by atoms with Crippen LogP contribution in [-0.2, 0) is 16.0 Å². The molecule has 2 nitrogen and oxygen atoms in total. The van der Waals surface area contributed by atoms with Crippen molar-refractivity contribution in [1.82, 2.24) is 0 Å². The van der Waals surface area contributed by atoms with Crippen molar-refractivity contribution in [3.63, 3.8) is 0 Å². The second-order valence-corrected chi connectivity index (χ2v) is 4.40. The maximum atomic E-state index is 12.5. The molecule has 1 atom stereocenters. The van der Waals surface area contributed by atoms with Crippen molar-refractivity contribution in [3.05, 3.63) is 60.2 Å². The van der Waals surface area contributed by atoms with E-state index in [-0.39, 0.29) is 5.78 Å². The summed E-state index contributed by atoms with van der Waals surface area (Å²) >= 11 is 0. The van der Waals surface area contributed by atoms with E-state index >= 15 is 0 Å². The van der Waals surface area contributed by atoms with Gasteiger partial charge in [0.05, 0.1) is 0 Å². The minimum Gasteiger partial charge on any atom is -0.363 e. The molecule has 18 heavy (non-hydrogen) atoms. The van der Waals surface area contributed by atoms with Crippen molar-refractivity contribution < 1.29 is 9.53 Å². The normalized spacial score (nSPS) is 22.1. The Kier molecular flexibility index (Phi) is 4.11. The minimum atomic E-state index is -0.765. The highest BCUT2D eigenvalue weighted by Gasteiger charge is 2.35. The van der Waals surface area contributed by atoms with Crippen LogP contribution in [0.5, 0.6) is 0 Å². The number of carbonyl (C=O) groups is 1. The molecular weight excluding hydrogens is 224 g/mol. The first-order chi connectivity index (χ1) is 8.77. The summed E-state index contributed by atoms with van der Waals surface area (Å²) in [6.45, 7) is 2.46. The van der Waals surface area contributed by atoms with Crippen LogP contribution in [0.15, 0.2) is 54.6 Å². The van der Waals surface area contributed by atoms with Crippen LogP contribution in [0.25, 0.3) is 0 Å². The maximum Gasteiger partial charge on any atom is 0.173 e. The molecule has 1 aromatic carbocycles. The summed E-state index contributed by atoms with van der Waals surface area (Å²) in [6, 6.07) is 9.80. The molecule has 0 N–H and O–H groups in total. The quantitative estimate of drug-likeness (QED) is 0.793. The van der Waals surface area contributed by atoms with Gasteiger partial charge in [-0.05, 0) is 18.6 Å². The van der Waals surface area contributed by atoms with Gasteiger partial charge >= 0.3 is 0 Å². The van der Waals surface area contributed by atoms with Gasteiger partial charge in [0.1, 0.15) is 5.60 Å². The number of rotatable bonds is 5. The highest BCUT2D eigenvalue weighted by Crippen LogP contribution is 2.25. The third-order valence-corrected chi connectivity index (χ3v) is 3.12. The molecule has 1 aromatic rings. The van der Waals surface area contributed by atoms with E-state index in [0.29, 0.717) is 19.4 Å². The molecule has 1 aliphatic rings. The smallest absolute Gasteiger partial charge is 0.173 e. The van der Waals surface area contributed by atoms with Crippen LogP contribution in [0, 0.1) is 0 Å². The van der Waals surface area contributed by atoms with E-state index in [1.54, 1.807) is 0 Å². The highest BCUT2D eigenvalue weighted by atomic mass is 16.5. The van der Waals surface area contributed by atoms with E-state index in [1.165, 1.54) is 0 Å². The SMILES string of the molecule is CCOC1(C(=O)Cc2ccccc2)C=CC=CC1. The largest absolute Gasteiger partial charge is 0.363 e. The maximum absolute atomic E-state index is 12.5. The molecule has 0 amide bonds. The molecule has 0 saturated heterocycles. The summed E-state index contributed by atoms with van der Waals surface area (Å²) in [5.74, 6) is 0.121. The second-order valence-electron chi connectivity index (χ2n) is 4.40. The highest BCUT2D eigenvalue weighted by molar-refractivity contribution is 5.91. The number of Topliss-reactive ketones (excluding diaryl/α,β-unsaturated/α-hetero) is 1. The van der Waals surface area contributed by atoms with Gasteiger partial charge < -0.3 is 4.74 Å². The zero-order valence-corrected chi connectivity index (χ0v) is 10.6. The average molecular weight is 242 g/mol. The topological polar surface area (TPSA) is 26.3 Å². The molecule has 2 heteroatoms. The third-order valence-electron chi connectivity index (χ3n) is 3.12. The van der Waals surface area contributed by atoms with Gasteiger partial charge in [0.25, 0.3) is 0 Å². The Hall–Kier alpha value is -1.67. The number of hydrogen-bond acceptors (Lipinski definition) is 2. The van der Waals surface area contributed by atoms with Gasteiger partial charge in [-0.3, -0.25) is 4.79 Å². The fourth-order valence-electron chi connectivity index (χ4n) is 2.18. The van der Waals surface area contributed by atoms with E-state index in [9.17, 15) is 4.79 Å². The van der Waals surface area contributed by atoms with Crippen LogP contribution in [0.4, 0.5) is 0 Å². The van der Waals surface area contributed by atoms with Gasteiger partial charge in [0, 0.05) is 19.4 Å². The number of ketones is 1. The molecule has 0 saturated carbocycles. The molecule has 0 fully saturated rings. The van der Waals surface area contributed by atoms with E-state index in [2.05, 4.69) is 0 Å². The summed E-state index contributed by atoms with van der Waals surface area (Å²) in [5.41, 5.74) is 0.267. The lowest BCUT2D eigenvalue weighted by Gasteiger charge is -2.29. The van der Waals surface area contributed by atoms with E-state index in [4.69, 9.17) is 4.74 Å². The zero-order valence-electron chi connectivity index (χ0n) is 10.6. The Balaban J connectivity index is 2.14. The van der Waals surface area contributed by atoms with Gasteiger partial charge in [0.2, 0.25) is 0 Å². The Morgan fingerprint density at radius 2 is 2.06 bits per heavy atom. The predicted molar refractivity (Wildman–Crippen MR) is 72.4 cm³/mol. The van der Waals surface area contributed by atoms with Crippen LogP contribution in [0.1, 0.15) is 18.9 Å². The van der Waals surface area contributed by atoms with Gasteiger partial charge in [-0.2, -0.15) is 0 Å². The Bertz CT molecular complexity index is 459. The number of carbonyl (C=O) groups excluding carboxylic acids is 1. The van der Waals surface area contributed by atoms with E-state index in [1.807, 2.05) is 61.6 Å². The van der Waals surface area contributed by atoms with Crippen molar-refractivity contribution in [3.8, 4) is 0 Å². The summed E-state index contributed by atoms with van der Waals surface area (Å²) in [7, 11) is 0. The fraction of sp³-hybridized carbons (Fsp3) is 0.312. The number of allylic oxidation sites excluding steroid dienone is 2. The van der Waals surface area contributed by atoms with Crippen LogP contribution in [0.2, 0.25) is 0 Å². The molecule has 0 bridgehead atoms. The standard InChI is InChI=1S/C16H18O2/c1-2-18-16(11-7-4-8-12-16)15(17)13-14-9-5-3-6-10-14/h3-11H,2,12-13H2,1H3. The molecule has 1 unspecified atom stereocenters. The number of benzene rings is 1. The van der Waals surface area contributed by atoms with Crippen molar-refractivity contribution in [2.24, 2.45) is 0 Å². The van der Waals surface area contributed by atoms with Gasteiger partial charge in [-0.1, -0.05) is 48.6 Å². The molecule has 1 aliphatic carbocycles. The summed E-state index contributed by atoms with van der Waals surface area (Å²) < 4.78 is 5.72. The Morgan fingerprint density at radius 3 is 2.67 bits per heavy atom. The Morgan fingerprint density at radius 1 is 1.28 bits per heavy atom. The summed E-state index contributed by atoms with van der Waals surface area (Å²) in [6.07, 6.45) is 8.75. The van der Waals surface area contributed by atoms with Gasteiger partial charge in [0.15, 0.2) is 5.78 Å². The molecule has 0 aliphatic heterocycles. The fourth-order valence-corrected chi connectivity index (χ4v) is 2.18. The van der Waals surface area contributed by atoms with Crippen molar-refractivity contribution in [2.75, 3.05) is 6.61 Å². The van der Waals surface area contributed by atoms with Crippen LogP contribution < -0.4 is 0 Å². The first-order valence-corrected chi connectivity index (χ1v) is 6.32. The monoisotopic (exact) mass is 242 g/mol. The lowest BCUT2D eigenvalue weighted by atomic mass is 9.87. The number of ether oxygens (including phenoxy) is 1. The molecule has 0 radical (unpaired) electrons. The van der Waals surface area contributed by atoms with Crippen LogP contribution in [-0.4, -0.2) is 18.0 Å². The lowest BCUT2D eigenvalue weighted by molar-refractivity contribution is -0.137. The first kappa shape index (κ1) is 12.8. The predicted octanol–water partition coefficient (Wildman–Crippen LogP) is 3.09. The average Bonchev–Trinajstić information content (AvgIpc) is 2.41. The molecular formula is C16H18O2. The van der Waals surface area contributed by atoms with Crippen molar-refractivity contribution >= 4 is 5.78 Å². The van der Waals surface area contributed by atoms with E-state index in [0.717, 1.165) is 5.56 Å². The molecule has 2 rings (SSSR count). The van der Waals surface area contributed by atoms with Gasteiger partial charge in [-0.25, -0.2) is 0 Å². The summed E-state index contributed by atoms with van der Waals surface area (Å²) in [5, 5.41) is 0. The lowest BCUT2D eigenvalue weighted by Crippen LogP contribution is -2.41. The third kappa shape index (κ3) is 2.77. The first-order valence-electron chi connectivity index (χ1n) is 6.32. The molecule has 0 heterocycles. The molecule has 0 spiro atoms. The molecule has 0 aromatic heterocycles. The minimum absolute atomic E-state index is 0.121. The van der Waals surface area contributed by atoms with Crippen molar-refractivity contribution in [1.29, 1.82) is 0 Å². The zero-order chi connectivity index (χ0) is 12.8. The van der Waals surface area contributed by atoms with Gasteiger partial charge in [-0.15, -0.1) is 0 Å². The number of hydrogen-bond donors (Lipinski definition) is 0.